The van der Waals surface area contributed by atoms with Gasteiger partial charge in [-0.2, -0.15) is 0 Å². The second-order valence-corrected chi connectivity index (χ2v) is 9.49. The predicted molar refractivity (Wildman–Crippen MR) is 154 cm³/mol. The van der Waals surface area contributed by atoms with Gasteiger partial charge in [0.25, 0.3) is 0 Å². The number of fused-ring (bicyclic) bond motifs is 2. The minimum atomic E-state index is 0.406. The van der Waals surface area contributed by atoms with Crippen LogP contribution in [0, 0.1) is 0 Å². The number of hydrogen-bond donors (Lipinski definition) is 1. The maximum atomic E-state index is 10.7. The van der Waals surface area contributed by atoms with Crippen LogP contribution < -0.4 is 21.9 Å². The number of hydrogen-bond acceptors (Lipinski definition) is 1. The highest BCUT2D eigenvalue weighted by atomic mass is 79.9. The number of benzene rings is 5. The molecule has 0 aliphatic carbocycles. The molecule has 0 saturated heterocycles. The fraction of sp³-hybridized carbons (Fsp3) is 0. The summed E-state index contributed by atoms with van der Waals surface area (Å²) in [4.78, 5) is 0. The molecule has 0 aromatic heterocycles. The van der Waals surface area contributed by atoms with Crippen molar-refractivity contribution in [2.75, 3.05) is 0 Å². The van der Waals surface area contributed by atoms with E-state index in [1.165, 1.54) is 43.8 Å². The minimum Gasteiger partial charge on any atom is -0.509 e. The monoisotopic (exact) mass is 472 g/mol. The molecular formula is C26H21B4BrO. The molecule has 0 atom stereocenters. The number of phenols is 1. The first-order valence-electron chi connectivity index (χ1n) is 10.9. The molecule has 32 heavy (non-hydrogen) atoms. The van der Waals surface area contributed by atoms with Gasteiger partial charge < -0.3 is 5.11 Å². The van der Waals surface area contributed by atoms with Crippen LogP contribution in [-0.2, 0) is 0 Å². The first-order valence-corrected chi connectivity index (χ1v) is 11.7. The van der Waals surface area contributed by atoms with Gasteiger partial charge in [-0.15, -0.1) is 0 Å². The molecule has 0 bridgehead atoms. The second-order valence-electron chi connectivity index (χ2n) is 8.57. The van der Waals surface area contributed by atoms with Crippen LogP contribution in [0.4, 0.5) is 0 Å². The zero-order valence-corrected chi connectivity index (χ0v) is 20.3. The van der Waals surface area contributed by atoms with Crippen molar-refractivity contribution in [3.8, 4) is 28.0 Å². The molecule has 0 spiro atoms. The van der Waals surface area contributed by atoms with Crippen LogP contribution in [0.1, 0.15) is 0 Å². The van der Waals surface area contributed by atoms with Gasteiger partial charge in [-0.1, -0.05) is 98.4 Å². The van der Waals surface area contributed by atoms with Crippen molar-refractivity contribution in [3.05, 3.63) is 77.3 Å². The van der Waals surface area contributed by atoms with Crippen LogP contribution in [0.25, 0.3) is 43.8 Å². The Labute approximate surface area is 200 Å². The van der Waals surface area contributed by atoms with Crippen molar-refractivity contribution < 1.29 is 5.11 Å². The molecule has 5 aromatic carbocycles. The Balaban J connectivity index is 2.02. The molecule has 6 heteroatoms. The number of halogens is 1. The van der Waals surface area contributed by atoms with Crippen molar-refractivity contribution in [1.29, 1.82) is 0 Å². The SMILES string of the molecule is Bc1c(B)c(-c2c3ccccc3c(-c3ccc(Br)cc3)c3ccccc23)c(B)c(B)c1O. The Morgan fingerprint density at radius 1 is 0.500 bits per heavy atom. The lowest BCUT2D eigenvalue weighted by Gasteiger charge is -2.23. The Morgan fingerprint density at radius 3 is 1.34 bits per heavy atom. The first-order chi connectivity index (χ1) is 15.4. The van der Waals surface area contributed by atoms with Gasteiger partial charge in [-0.3, -0.25) is 0 Å². The lowest BCUT2D eigenvalue weighted by molar-refractivity contribution is 0.484. The molecule has 1 nitrogen and oxygen atoms in total. The zero-order valence-electron chi connectivity index (χ0n) is 18.8. The van der Waals surface area contributed by atoms with Crippen LogP contribution in [0.2, 0.25) is 0 Å². The van der Waals surface area contributed by atoms with E-state index < -0.39 is 0 Å². The topological polar surface area (TPSA) is 20.2 Å². The summed E-state index contributed by atoms with van der Waals surface area (Å²) in [6.45, 7) is 0. The summed E-state index contributed by atoms with van der Waals surface area (Å²) in [6, 6.07) is 26.0. The van der Waals surface area contributed by atoms with Crippen molar-refractivity contribution in [2.45, 2.75) is 0 Å². The number of aromatic hydroxyl groups is 1. The van der Waals surface area contributed by atoms with Crippen molar-refractivity contribution >= 4 is 90.7 Å². The molecule has 0 amide bonds. The molecule has 0 unspecified atom stereocenters. The largest absolute Gasteiger partial charge is 0.509 e. The standard InChI is InChI=1S/C26H21B4BrO/c27-22-21(23(28)25(30)26(32)24(22)29)20-17-7-3-1-5-15(17)19(13-9-11-14(31)12-10-13)16-6-2-4-8-18(16)20/h1-12,32H,27-30H2. The molecule has 0 fully saturated rings. The highest BCUT2D eigenvalue weighted by molar-refractivity contribution is 9.10. The summed E-state index contributed by atoms with van der Waals surface area (Å²) in [5, 5.41) is 15.6. The quantitative estimate of drug-likeness (QED) is 0.298. The summed E-state index contributed by atoms with van der Waals surface area (Å²) >= 11 is 3.57. The molecule has 5 aromatic rings. The van der Waals surface area contributed by atoms with Gasteiger partial charge in [0.2, 0.25) is 0 Å². The van der Waals surface area contributed by atoms with E-state index in [9.17, 15) is 5.11 Å². The van der Waals surface area contributed by atoms with Gasteiger partial charge in [-0.25, -0.2) is 0 Å². The van der Waals surface area contributed by atoms with E-state index in [2.05, 4.69) is 104 Å². The Morgan fingerprint density at radius 2 is 0.906 bits per heavy atom. The van der Waals surface area contributed by atoms with Gasteiger partial charge in [0, 0.05) is 4.47 Å². The third-order valence-corrected chi connectivity index (χ3v) is 7.43. The normalized spacial score (nSPS) is 11.3. The van der Waals surface area contributed by atoms with E-state index in [-0.39, 0.29) is 0 Å². The summed E-state index contributed by atoms with van der Waals surface area (Å²) < 4.78 is 1.08. The smallest absolute Gasteiger partial charge is 0.143 e. The summed E-state index contributed by atoms with van der Waals surface area (Å²) in [6.07, 6.45) is 0. The summed E-state index contributed by atoms with van der Waals surface area (Å²) in [5.41, 5.74) is 9.12. The van der Waals surface area contributed by atoms with Crippen LogP contribution >= 0.6 is 15.9 Å². The van der Waals surface area contributed by atoms with Crippen LogP contribution in [0.5, 0.6) is 5.75 Å². The van der Waals surface area contributed by atoms with Gasteiger partial charge in [0.1, 0.15) is 37.1 Å². The molecule has 0 aliphatic rings. The van der Waals surface area contributed by atoms with Crippen molar-refractivity contribution in [2.24, 2.45) is 0 Å². The lowest BCUT2D eigenvalue weighted by atomic mass is 9.64. The number of rotatable bonds is 2. The molecule has 150 valence electrons. The molecule has 0 saturated carbocycles. The zero-order chi connectivity index (χ0) is 22.6. The van der Waals surface area contributed by atoms with E-state index in [1.54, 1.807) is 0 Å². The Kier molecular flexibility index (Phi) is 5.22. The maximum absolute atomic E-state index is 10.7. The fourth-order valence-corrected chi connectivity index (χ4v) is 5.26. The molecule has 0 radical (unpaired) electrons. The Bertz CT molecular complexity index is 1440. The van der Waals surface area contributed by atoms with E-state index in [0.717, 1.165) is 26.3 Å². The lowest BCUT2D eigenvalue weighted by Crippen LogP contribution is -2.42. The van der Waals surface area contributed by atoms with Gasteiger partial charge in [0.05, 0.1) is 0 Å². The van der Waals surface area contributed by atoms with E-state index in [4.69, 9.17) is 0 Å². The molecule has 1 N–H and O–H groups in total. The van der Waals surface area contributed by atoms with Crippen molar-refractivity contribution in [1.82, 2.24) is 0 Å². The highest BCUT2D eigenvalue weighted by Crippen LogP contribution is 2.42. The van der Waals surface area contributed by atoms with E-state index in [1.807, 2.05) is 15.7 Å². The summed E-state index contributed by atoms with van der Waals surface area (Å²) in [5.74, 6) is 0.406. The second kappa shape index (κ2) is 7.94. The predicted octanol–water partition coefficient (Wildman–Crippen LogP) is 0.829. The van der Waals surface area contributed by atoms with E-state index >= 15 is 0 Å². The third-order valence-electron chi connectivity index (χ3n) is 6.90. The first kappa shape index (κ1) is 21.0. The third kappa shape index (κ3) is 3.12. The number of phenolic OH excluding ortho intramolecular Hbond substituents is 1. The molecule has 0 heterocycles. The van der Waals surface area contributed by atoms with Crippen LogP contribution in [0.3, 0.4) is 0 Å². The minimum absolute atomic E-state index is 0.406. The molecule has 0 aliphatic heterocycles. The highest BCUT2D eigenvalue weighted by Gasteiger charge is 2.21. The average Bonchev–Trinajstić information content (AvgIpc) is 2.82. The average molecular weight is 473 g/mol. The van der Waals surface area contributed by atoms with E-state index in [0.29, 0.717) is 5.75 Å². The fourth-order valence-electron chi connectivity index (χ4n) is 4.99. The van der Waals surface area contributed by atoms with Gasteiger partial charge in [-0.05, 0) is 55.9 Å². The van der Waals surface area contributed by atoms with Gasteiger partial charge in [0.15, 0.2) is 0 Å². The van der Waals surface area contributed by atoms with Crippen LogP contribution in [0.15, 0.2) is 77.3 Å². The summed E-state index contributed by atoms with van der Waals surface area (Å²) in [7, 11) is 8.29. The van der Waals surface area contributed by atoms with Gasteiger partial charge >= 0.3 is 0 Å². The molecule has 5 rings (SSSR count). The Hall–Kier alpha value is -2.84. The van der Waals surface area contributed by atoms with Crippen LogP contribution in [-0.4, -0.2) is 36.5 Å². The maximum Gasteiger partial charge on any atom is 0.143 e. The van der Waals surface area contributed by atoms with Crippen molar-refractivity contribution in [3.63, 3.8) is 0 Å². The molecular weight excluding hydrogens is 451 g/mol.